The Morgan fingerprint density at radius 1 is 0.923 bits per heavy atom. The van der Waals surface area contributed by atoms with Crippen LogP contribution in [-0.4, -0.2) is 47.5 Å². The molecule has 0 amide bonds. The Balaban J connectivity index is 1.44. The number of benzene rings is 2. The average molecular weight is 358 g/mol. The Morgan fingerprint density at radius 3 is 2.35 bits per heavy atom. The Kier molecular flexibility index (Phi) is 5.31. The molecular formula is C20H22O6. The number of fused-ring (bicyclic) bond motifs is 1. The first-order valence-electron chi connectivity index (χ1n) is 8.71. The first-order valence-corrected chi connectivity index (χ1v) is 8.71. The van der Waals surface area contributed by atoms with Gasteiger partial charge >= 0.3 is 0 Å². The predicted octanol–water partition coefficient (Wildman–Crippen LogP) is 1.76. The molecule has 0 saturated carbocycles. The van der Waals surface area contributed by atoms with Gasteiger partial charge in [0.05, 0.1) is 13.2 Å². The number of hydrogen-bond acceptors (Lipinski definition) is 6. The summed E-state index contributed by atoms with van der Waals surface area (Å²) in [5.74, 6) is 0. The molecule has 2 heterocycles. The third kappa shape index (κ3) is 3.66. The van der Waals surface area contributed by atoms with Crippen molar-refractivity contribution in [3.63, 3.8) is 0 Å². The number of hydrogen-bond donors (Lipinski definition) is 2. The van der Waals surface area contributed by atoms with Gasteiger partial charge in [-0.3, -0.25) is 0 Å². The van der Waals surface area contributed by atoms with Crippen LogP contribution in [0.15, 0.2) is 60.7 Å². The van der Waals surface area contributed by atoms with Gasteiger partial charge in [-0.2, -0.15) is 0 Å². The van der Waals surface area contributed by atoms with E-state index in [-0.39, 0.29) is 13.2 Å². The van der Waals surface area contributed by atoms with Crippen LogP contribution in [0.2, 0.25) is 0 Å². The van der Waals surface area contributed by atoms with Crippen LogP contribution in [0, 0.1) is 0 Å². The normalized spacial score (nSPS) is 34.2. The highest BCUT2D eigenvalue weighted by atomic mass is 16.7. The zero-order valence-electron chi connectivity index (χ0n) is 14.2. The summed E-state index contributed by atoms with van der Waals surface area (Å²) in [6.45, 7) is 0.489. The van der Waals surface area contributed by atoms with Crippen molar-refractivity contribution in [2.75, 3.05) is 6.61 Å². The molecule has 138 valence electrons. The summed E-state index contributed by atoms with van der Waals surface area (Å²) < 4.78 is 22.9. The molecule has 0 spiro atoms. The van der Waals surface area contributed by atoms with E-state index in [0.717, 1.165) is 11.1 Å². The van der Waals surface area contributed by atoms with E-state index >= 15 is 0 Å². The van der Waals surface area contributed by atoms with Gasteiger partial charge in [0.1, 0.15) is 24.4 Å². The van der Waals surface area contributed by atoms with E-state index in [1.165, 1.54) is 0 Å². The molecule has 2 N–H and O–H groups in total. The first kappa shape index (κ1) is 17.6. The highest BCUT2D eigenvalue weighted by Gasteiger charge is 2.49. The molecule has 0 bridgehead atoms. The van der Waals surface area contributed by atoms with Crippen molar-refractivity contribution in [2.45, 2.75) is 43.6 Å². The third-order valence-electron chi connectivity index (χ3n) is 4.68. The Labute approximate surface area is 151 Å². The lowest BCUT2D eigenvalue weighted by Gasteiger charge is -2.46. The first-order chi connectivity index (χ1) is 12.7. The van der Waals surface area contributed by atoms with Crippen LogP contribution in [0.4, 0.5) is 0 Å². The summed E-state index contributed by atoms with van der Waals surface area (Å²) in [6.07, 6.45) is -4.93. The number of aliphatic hydroxyl groups is 2. The topological polar surface area (TPSA) is 77.4 Å². The summed E-state index contributed by atoms with van der Waals surface area (Å²) >= 11 is 0. The van der Waals surface area contributed by atoms with Gasteiger partial charge in [-0.15, -0.1) is 0 Å². The molecule has 4 rings (SSSR count). The Bertz CT molecular complexity index is 694. The van der Waals surface area contributed by atoms with Crippen LogP contribution in [0.1, 0.15) is 17.4 Å². The Hall–Kier alpha value is -1.80. The maximum Gasteiger partial charge on any atom is 0.184 e. The van der Waals surface area contributed by atoms with Gasteiger partial charge in [0.2, 0.25) is 0 Å². The summed E-state index contributed by atoms with van der Waals surface area (Å²) in [5, 5.41) is 21.0. The molecule has 2 saturated heterocycles. The second kappa shape index (κ2) is 7.84. The zero-order valence-corrected chi connectivity index (χ0v) is 14.2. The molecule has 26 heavy (non-hydrogen) atoms. The van der Waals surface area contributed by atoms with Crippen LogP contribution in [-0.2, 0) is 25.6 Å². The van der Waals surface area contributed by atoms with E-state index in [1.807, 2.05) is 60.7 Å². The van der Waals surface area contributed by atoms with E-state index < -0.39 is 37.0 Å². The average Bonchev–Trinajstić information content (AvgIpc) is 2.69. The van der Waals surface area contributed by atoms with E-state index in [4.69, 9.17) is 18.9 Å². The van der Waals surface area contributed by atoms with Gasteiger partial charge in [0.25, 0.3) is 0 Å². The van der Waals surface area contributed by atoms with Crippen LogP contribution < -0.4 is 0 Å². The van der Waals surface area contributed by atoms with Gasteiger partial charge in [0, 0.05) is 5.56 Å². The minimum absolute atomic E-state index is 0.226. The molecular weight excluding hydrogens is 336 g/mol. The summed E-state index contributed by atoms with van der Waals surface area (Å²) in [6, 6.07) is 19.1. The van der Waals surface area contributed by atoms with Gasteiger partial charge in [0.15, 0.2) is 12.6 Å². The number of aliphatic hydroxyl groups excluding tert-OH is 2. The molecule has 2 aliphatic heterocycles. The lowest BCUT2D eigenvalue weighted by atomic mass is 9.97. The zero-order chi connectivity index (χ0) is 17.9. The molecule has 0 aliphatic carbocycles. The van der Waals surface area contributed by atoms with Crippen LogP contribution in [0.5, 0.6) is 0 Å². The largest absolute Gasteiger partial charge is 0.387 e. The van der Waals surface area contributed by atoms with Crippen molar-refractivity contribution in [1.82, 2.24) is 0 Å². The van der Waals surface area contributed by atoms with E-state index in [2.05, 4.69) is 0 Å². The fourth-order valence-corrected chi connectivity index (χ4v) is 3.31. The molecule has 6 nitrogen and oxygen atoms in total. The van der Waals surface area contributed by atoms with Crippen molar-refractivity contribution >= 4 is 0 Å². The Morgan fingerprint density at radius 2 is 1.62 bits per heavy atom. The van der Waals surface area contributed by atoms with Crippen molar-refractivity contribution in [3.8, 4) is 0 Å². The number of rotatable bonds is 4. The maximum absolute atomic E-state index is 10.7. The smallest absolute Gasteiger partial charge is 0.184 e. The summed E-state index contributed by atoms with van der Waals surface area (Å²) in [4.78, 5) is 0. The minimum Gasteiger partial charge on any atom is -0.387 e. The fraction of sp³-hybridized carbons (Fsp3) is 0.400. The van der Waals surface area contributed by atoms with Crippen molar-refractivity contribution in [3.05, 3.63) is 71.8 Å². The molecule has 2 aromatic rings. The molecule has 2 aromatic carbocycles. The highest BCUT2D eigenvalue weighted by Crippen LogP contribution is 2.34. The van der Waals surface area contributed by atoms with Crippen LogP contribution >= 0.6 is 0 Å². The molecule has 1 unspecified atom stereocenters. The van der Waals surface area contributed by atoms with Crippen LogP contribution in [0.25, 0.3) is 0 Å². The third-order valence-corrected chi connectivity index (χ3v) is 4.68. The summed E-state index contributed by atoms with van der Waals surface area (Å²) in [5.41, 5.74) is 1.81. The van der Waals surface area contributed by atoms with E-state index in [1.54, 1.807) is 0 Å². The van der Waals surface area contributed by atoms with Crippen molar-refractivity contribution in [2.24, 2.45) is 0 Å². The fourth-order valence-electron chi connectivity index (χ4n) is 3.31. The van der Waals surface area contributed by atoms with Gasteiger partial charge in [-0.25, -0.2) is 0 Å². The molecule has 6 atom stereocenters. The standard InChI is InChI=1S/C20H22O6/c21-16-17-15(12-24-20(26-17)14-9-5-2-6-10-14)25-19(22)18(16)23-11-13-7-3-1-4-8-13/h1-10,15-22H,11-12H2/t15-,16+,17-,18-,19+,20?/m1/s1. The minimum atomic E-state index is -1.24. The number of ether oxygens (including phenoxy) is 4. The molecule has 0 radical (unpaired) electrons. The predicted molar refractivity (Wildman–Crippen MR) is 91.9 cm³/mol. The van der Waals surface area contributed by atoms with Gasteiger partial charge < -0.3 is 29.2 Å². The molecule has 0 aromatic heterocycles. The second-order valence-corrected chi connectivity index (χ2v) is 6.49. The van der Waals surface area contributed by atoms with Crippen molar-refractivity contribution in [1.29, 1.82) is 0 Å². The lowest BCUT2D eigenvalue weighted by molar-refractivity contribution is -0.360. The maximum atomic E-state index is 10.7. The van der Waals surface area contributed by atoms with Gasteiger partial charge in [-0.1, -0.05) is 60.7 Å². The van der Waals surface area contributed by atoms with Crippen molar-refractivity contribution < 1.29 is 29.2 Å². The van der Waals surface area contributed by atoms with E-state index in [9.17, 15) is 10.2 Å². The quantitative estimate of drug-likeness (QED) is 0.867. The SMILES string of the molecule is O[C@@H]1[C@@H](OCc2ccccc2)[C@@H](O)O[C@@H]2COC(c3ccccc3)O[C@@H]12. The second-order valence-electron chi connectivity index (χ2n) is 6.49. The van der Waals surface area contributed by atoms with Crippen LogP contribution in [0.3, 0.4) is 0 Å². The van der Waals surface area contributed by atoms with Gasteiger partial charge in [-0.05, 0) is 5.56 Å². The summed E-state index contributed by atoms with van der Waals surface area (Å²) in [7, 11) is 0. The monoisotopic (exact) mass is 358 g/mol. The molecule has 2 fully saturated rings. The molecule has 6 heteroatoms. The lowest BCUT2D eigenvalue weighted by Crippen LogP contribution is -2.62. The highest BCUT2D eigenvalue weighted by molar-refractivity contribution is 5.17. The van der Waals surface area contributed by atoms with E-state index in [0.29, 0.717) is 0 Å². The molecule has 2 aliphatic rings.